The van der Waals surface area contributed by atoms with Crippen LogP contribution in [0.25, 0.3) is 0 Å². The minimum absolute atomic E-state index is 0.124. The van der Waals surface area contributed by atoms with E-state index in [0.717, 1.165) is 11.6 Å². The van der Waals surface area contributed by atoms with Crippen molar-refractivity contribution in [1.29, 1.82) is 4.78 Å². The number of rotatable bonds is 3. The lowest BCUT2D eigenvalue weighted by molar-refractivity contribution is 0.676. The maximum absolute atomic E-state index is 12.0. The Kier molecular flexibility index (Phi) is 4.35. The molecule has 1 atom stereocenters. The predicted octanol–water partition coefficient (Wildman–Crippen LogP) is 3.24. The lowest BCUT2D eigenvalue weighted by Gasteiger charge is -2.38. The van der Waals surface area contributed by atoms with Gasteiger partial charge in [0.25, 0.3) is 0 Å². The van der Waals surface area contributed by atoms with E-state index < -0.39 is 18.0 Å². The summed E-state index contributed by atoms with van der Waals surface area (Å²) in [4.78, 5) is 0.524. The standard InChI is InChI=1S/C14H26N2OSSi/c1-7-11-8-9-12(18(15,16)17)13(10-11)19(5,6)14(2,3)4/h8-10H,7H2,1-6H3,(H3,15,16,17). The van der Waals surface area contributed by atoms with Crippen LogP contribution in [0.5, 0.6) is 0 Å². The molecule has 1 aromatic carbocycles. The number of nitrogens with two attached hydrogens (primary N) is 1. The number of hydrogen-bond acceptors (Lipinski definition) is 2. The van der Waals surface area contributed by atoms with Crippen molar-refractivity contribution >= 4 is 23.2 Å². The van der Waals surface area contributed by atoms with E-state index >= 15 is 0 Å². The first-order valence-electron chi connectivity index (χ1n) is 6.61. The molecule has 0 saturated carbocycles. The van der Waals surface area contributed by atoms with E-state index in [4.69, 9.17) is 9.92 Å². The highest BCUT2D eigenvalue weighted by molar-refractivity contribution is 7.90. The Morgan fingerprint density at radius 1 is 1.32 bits per heavy atom. The first-order chi connectivity index (χ1) is 8.41. The second-order valence-corrected chi connectivity index (χ2v) is 13.6. The van der Waals surface area contributed by atoms with Crippen molar-refractivity contribution in [1.82, 2.24) is 0 Å². The third-order valence-corrected chi connectivity index (χ3v) is 11.0. The fraction of sp³-hybridized carbons (Fsp3) is 0.571. The normalized spacial score (nSPS) is 16.2. The molecule has 0 aliphatic carbocycles. The third-order valence-electron chi connectivity index (χ3n) is 4.33. The number of hydrogen-bond donors (Lipinski definition) is 2. The lowest BCUT2D eigenvalue weighted by Crippen LogP contribution is -2.51. The van der Waals surface area contributed by atoms with Crippen molar-refractivity contribution in [2.75, 3.05) is 0 Å². The molecule has 1 unspecified atom stereocenters. The van der Waals surface area contributed by atoms with Crippen molar-refractivity contribution in [3.8, 4) is 0 Å². The van der Waals surface area contributed by atoms with Gasteiger partial charge in [-0.25, -0.2) is 14.1 Å². The Morgan fingerprint density at radius 2 is 1.84 bits per heavy atom. The van der Waals surface area contributed by atoms with Crippen molar-refractivity contribution < 1.29 is 4.21 Å². The topological polar surface area (TPSA) is 66.9 Å². The number of aryl methyl sites for hydroxylation is 1. The summed E-state index contributed by atoms with van der Waals surface area (Å²) < 4.78 is 19.8. The maximum Gasteiger partial charge on any atom is 0.131 e. The fourth-order valence-electron chi connectivity index (χ4n) is 1.95. The van der Waals surface area contributed by atoms with Gasteiger partial charge in [-0.2, -0.15) is 0 Å². The van der Waals surface area contributed by atoms with Crippen molar-refractivity contribution in [2.24, 2.45) is 5.14 Å². The van der Waals surface area contributed by atoms with Crippen LogP contribution in [0, 0.1) is 4.78 Å². The van der Waals surface area contributed by atoms with Gasteiger partial charge in [-0.05, 0) is 28.3 Å². The SMILES string of the molecule is CCc1ccc(S(=N)(N)=O)c([Si](C)(C)C(C)(C)C)c1. The van der Waals surface area contributed by atoms with Gasteiger partial charge in [-0.3, -0.25) is 0 Å². The highest BCUT2D eigenvalue weighted by Crippen LogP contribution is 2.36. The minimum atomic E-state index is -3.17. The average molecular weight is 299 g/mol. The molecule has 1 rings (SSSR count). The minimum Gasteiger partial charge on any atom is -0.241 e. The third kappa shape index (κ3) is 3.27. The molecule has 3 N–H and O–H groups in total. The molecule has 0 aliphatic heterocycles. The van der Waals surface area contributed by atoms with E-state index in [1.54, 1.807) is 6.07 Å². The molecule has 0 radical (unpaired) electrons. The van der Waals surface area contributed by atoms with Crippen molar-refractivity contribution in [3.05, 3.63) is 23.8 Å². The van der Waals surface area contributed by atoms with Crippen LogP contribution >= 0.6 is 0 Å². The number of benzene rings is 1. The smallest absolute Gasteiger partial charge is 0.131 e. The van der Waals surface area contributed by atoms with E-state index in [1.807, 2.05) is 6.07 Å². The van der Waals surface area contributed by atoms with Crippen molar-refractivity contribution in [2.45, 2.75) is 57.1 Å². The predicted molar refractivity (Wildman–Crippen MR) is 86.0 cm³/mol. The Balaban J connectivity index is 3.65. The van der Waals surface area contributed by atoms with Gasteiger partial charge in [0.2, 0.25) is 0 Å². The van der Waals surface area contributed by atoms with Gasteiger partial charge in [0.05, 0.1) is 13.0 Å². The summed E-state index contributed by atoms with van der Waals surface area (Å²) in [5.41, 5.74) is 1.22. The van der Waals surface area contributed by atoms with Crippen LogP contribution in [0.2, 0.25) is 18.1 Å². The van der Waals surface area contributed by atoms with E-state index in [0.29, 0.717) is 4.90 Å². The van der Waals surface area contributed by atoms with Gasteiger partial charge in [-0.15, -0.1) is 0 Å². The zero-order chi connectivity index (χ0) is 15.1. The Morgan fingerprint density at radius 3 is 2.21 bits per heavy atom. The molecule has 0 amide bonds. The molecule has 19 heavy (non-hydrogen) atoms. The largest absolute Gasteiger partial charge is 0.241 e. The van der Waals surface area contributed by atoms with E-state index in [1.165, 1.54) is 5.56 Å². The molecule has 0 fully saturated rings. The molecule has 108 valence electrons. The van der Waals surface area contributed by atoms with E-state index in [9.17, 15) is 4.21 Å². The van der Waals surface area contributed by atoms with Gasteiger partial charge in [0, 0.05) is 0 Å². The monoisotopic (exact) mass is 298 g/mol. The summed E-state index contributed by atoms with van der Waals surface area (Å²) in [5.74, 6) is 0. The zero-order valence-electron chi connectivity index (χ0n) is 12.8. The highest BCUT2D eigenvalue weighted by Gasteiger charge is 2.39. The summed E-state index contributed by atoms with van der Waals surface area (Å²) in [6.07, 6.45) is 0.936. The first kappa shape index (κ1) is 16.4. The molecule has 0 aliphatic rings. The van der Waals surface area contributed by atoms with Gasteiger partial charge in [0.1, 0.15) is 9.92 Å². The Bertz CT molecular complexity index is 572. The van der Waals surface area contributed by atoms with E-state index in [-0.39, 0.29) is 5.04 Å². The van der Waals surface area contributed by atoms with Crippen LogP contribution in [0.1, 0.15) is 33.3 Å². The van der Waals surface area contributed by atoms with Crippen LogP contribution in [0.15, 0.2) is 23.1 Å². The maximum atomic E-state index is 12.0. The zero-order valence-corrected chi connectivity index (χ0v) is 14.6. The summed E-state index contributed by atoms with van der Waals surface area (Å²) in [7, 11) is -5.03. The molecular weight excluding hydrogens is 272 g/mol. The second kappa shape index (κ2) is 5.03. The molecular formula is C14H26N2OSSi. The molecule has 0 bridgehead atoms. The van der Waals surface area contributed by atoms with Gasteiger partial charge in [-0.1, -0.05) is 52.9 Å². The lowest BCUT2D eigenvalue weighted by atomic mass is 10.2. The quantitative estimate of drug-likeness (QED) is 0.827. The molecule has 0 aromatic heterocycles. The molecule has 1 aromatic rings. The molecule has 0 heterocycles. The summed E-state index contributed by atoms with van der Waals surface area (Å²) >= 11 is 0. The molecule has 3 nitrogen and oxygen atoms in total. The fourth-order valence-corrected chi connectivity index (χ4v) is 5.88. The Labute approximate surface area is 118 Å². The highest BCUT2D eigenvalue weighted by atomic mass is 32.2. The van der Waals surface area contributed by atoms with Crippen molar-refractivity contribution in [3.63, 3.8) is 0 Å². The number of nitrogens with one attached hydrogen (secondary N) is 1. The van der Waals surface area contributed by atoms with Crippen LogP contribution in [0.4, 0.5) is 0 Å². The van der Waals surface area contributed by atoms with Gasteiger partial charge < -0.3 is 0 Å². The summed E-state index contributed by atoms with van der Waals surface area (Å²) in [6.45, 7) is 13.3. The van der Waals surface area contributed by atoms with Gasteiger partial charge >= 0.3 is 0 Å². The van der Waals surface area contributed by atoms with Crippen LogP contribution < -0.4 is 10.3 Å². The van der Waals surface area contributed by atoms with E-state index in [2.05, 4.69) is 46.9 Å². The molecule has 0 spiro atoms. The molecule has 5 heteroatoms. The van der Waals surface area contributed by atoms with Crippen LogP contribution in [-0.2, 0) is 16.3 Å². The average Bonchev–Trinajstić information content (AvgIpc) is 2.25. The van der Waals surface area contributed by atoms with Crippen LogP contribution in [-0.4, -0.2) is 12.3 Å². The first-order valence-corrected chi connectivity index (χ1v) is 11.2. The van der Waals surface area contributed by atoms with Gasteiger partial charge in [0.15, 0.2) is 0 Å². The summed E-state index contributed by atoms with van der Waals surface area (Å²) in [6, 6.07) is 5.85. The second-order valence-electron chi connectivity index (χ2n) is 6.66. The molecule has 0 saturated heterocycles. The van der Waals surface area contributed by atoms with Crippen LogP contribution in [0.3, 0.4) is 0 Å². The Hall–Kier alpha value is -0.653. The summed E-state index contributed by atoms with van der Waals surface area (Å²) in [5, 5.41) is 6.80.